The summed E-state index contributed by atoms with van der Waals surface area (Å²) in [6, 6.07) is 13.8. The Labute approximate surface area is 130 Å². The molecule has 0 N–H and O–H groups in total. The molecule has 4 nitrogen and oxygen atoms in total. The van der Waals surface area contributed by atoms with Gasteiger partial charge in [0, 0.05) is 30.4 Å². The molecule has 0 heterocycles. The fraction of sp³-hybridized carbons (Fsp3) is 0.222. The number of carbonyl (C=O) groups excluding carboxylic acids is 2. The van der Waals surface area contributed by atoms with E-state index >= 15 is 0 Å². The molecule has 0 atom stereocenters. The topological polar surface area (TPSA) is 46.6 Å². The van der Waals surface area contributed by atoms with Crippen LogP contribution in [0.1, 0.15) is 34.6 Å². The summed E-state index contributed by atoms with van der Waals surface area (Å²) < 4.78 is 5.40. The van der Waals surface area contributed by atoms with Gasteiger partial charge in [0.05, 0.1) is 5.56 Å². The normalized spacial score (nSPS) is 10.1. The van der Waals surface area contributed by atoms with Gasteiger partial charge < -0.3 is 9.64 Å². The number of rotatable bonds is 6. The first-order valence-electron chi connectivity index (χ1n) is 7.30. The highest BCUT2D eigenvalue weighted by Gasteiger charge is 2.10. The van der Waals surface area contributed by atoms with E-state index in [0.717, 1.165) is 25.1 Å². The molecule has 0 aliphatic carbocycles. The minimum absolute atomic E-state index is 0.416. The SMILES string of the molecule is CCN(CC)c1cccc(OC(=O)c2ccc(C=O)cc2)c1. The smallest absolute Gasteiger partial charge is 0.343 e. The van der Waals surface area contributed by atoms with Gasteiger partial charge in [-0.1, -0.05) is 18.2 Å². The maximum absolute atomic E-state index is 12.1. The average molecular weight is 297 g/mol. The van der Waals surface area contributed by atoms with Gasteiger partial charge in [0.2, 0.25) is 0 Å². The summed E-state index contributed by atoms with van der Waals surface area (Å²) in [7, 11) is 0. The number of carbonyl (C=O) groups is 2. The first-order chi connectivity index (χ1) is 10.7. The summed E-state index contributed by atoms with van der Waals surface area (Å²) in [5, 5.41) is 0. The van der Waals surface area contributed by atoms with Crippen molar-refractivity contribution in [1.82, 2.24) is 0 Å². The second kappa shape index (κ2) is 7.41. The van der Waals surface area contributed by atoms with Crippen LogP contribution in [-0.2, 0) is 0 Å². The van der Waals surface area contributed by atoms with Crippen LogP contribution in [0.2, 0.25) is 0 Å². The van der Waals surface area contributed by atoms with Crippen molar-refractivity contribution >= 4 is 17.9 Å². The van der Waals surface area contributed by atoms with Crippen LogP contribution in [0.15, 0.2) is 48.5 Å². The number of hydrogen-bond donors (Lipinski definition) is 0. The lowest BCUT2D eigenvalue weighted by Gasteiger charge is -2.21. The molecule has 2 aromatic carbocycles. The largest absolute Gasteiger partial charge is 0.423 e. The molecule has 22 heavy (non-hydrogen) atoms. The number of nitrogens with zero attached hydrogens (tertiary/aromatic N) is 1. The quantitative estimate of drug-likeness (QED) is 0.464. The first kappa shape index (κ1) is 15.8. The van der Waals surface area contributed by atoms with E-state index in [1.807, 2.05) is 18.2 Å². The Kier molecular flexibility index (Phi) is 5.31. The van der Waals surface area contributed by atoms with Gasteiger partial charge in [-0.3, -0.25) is 4.79 Å². The van der Waals surface area contributed by atoms with E-state index in [2.05, 4.69) is 18.7 Å². The maximum Gasteiger partial charge on any atom is 0.343 e. The molecule has 0 saturated heterocycles. The van der Waals surface area contributed by atoms with E-state index in [1.165, 1.54) is 0 Å². The maximum atomic E-state index is 12.1. The third kappa shape index (κ3) is 3.73. The summed E-state index contributed by atoms with van der Waals surface area (Å²) >= 11 is 0. The van der Waals surface area contributed by atoms with Crippen LogP contribution >= 0.6 is 0 Å². The summed E-state index contributed by atoms with van der Waals surface area (Å²) in [5.41, 5.74) is 1.96. The van der Waals surface area contributed by atoms with Gasteiger partial charge in [0.15, 0.2) is 0 Å². The number of aldehydes is 1. The fourth-order valence-corrected chi connectivity index (χ4v) is 2.20. The van der Waals surface area contributed by atoms with Gasteiger partial charge in [-0.15, -0.1) is 0 Å². The Morgan fingerprint density at radius 2 is 1.77 bits per heavy atom. The molecule has 114 valence electrons. The van der Waals surface area contributed by atoms with Gasteiger partial charge in [-0.2, -0.15) is 0 Å². The number of benzene rings is 2. The fourth-order valence-electron chi connectivity index (χ4n) is 2.20. The van der Waals surface area contributed by atoms with Gasteiger partial charge in [-0.05, 0) is 38.1 Å². The Morgan fingerprint density at radius 1 is 1.09 bits per heavy atom. The molecule has 0 unspecified atom stereocenters. The third-order valence-corrected chi connectivity index (χ3v) is 3.44. The lowest BCUT2D eigenvalue weighted by Crippen LogP contribution is -2.21. The number of hydrogen-bond acceptors (Lipinski definition) is 4. The molecule has 0 aliphatic rings. The van der Waals surface area contributed by atoms with Crippen molar-refractivity contribution in [3.05, 3.63) is 59.7 Å². The predicted octanol–water partition coefficient (Wildman–Crippen LogP) is 3.56. The van der Waals surface area contributed by atoms with Crippen LogP contribution in [0.5, 0.6) is 5.75 Å². The second-order valence-corrected chi connectivity index (χ2v) is 4.80. The zero-order chi connectivity index (χ0) is 15.9. The van der Waals surface area contributed by atoms with Gasteiger partial charge >= 0.3 is 5.97 Å². The van der Waals surface area contributed by atoms with Crippen LogP contribution in [0.3, 0.4) is 0 Å². The standard InChI is InChI=1S/C18H19NO3/c1-3-19(4-2)16-6-5-7-17(12-16)22-18(21)15-10-8-14(13-20)9-11-15/h5-13H,3-4H2,1-2H3. The highest BCUT2D eigenvalue weighted by Crippen LogP contribution is 2.22. The number of ether oxygens (including phenoxy) is 1. The van der Waals surface area contributed by atoms with E-state index in [9.17, 15) is 9.59 Å². The van der Waals surface area contributed by atoms with E-state index < -0.39 is 5.97 Å². The van der Waals surface area contributed by atoms with Crippen molar-refractivity contribution in [2.24, 2.45) is 0 Å². The molecule has 0 aromatic heterocycles. The van der Waals surface area contributed by atoms with Crippen LogP contribution < -0.4 is 9.64 Å². The molecule has 4 heteroatoms. The summed E-state index contributed by atoms with van der Waals surface area (Å²) in [6.07, 6.45) is 0.739. The predicted molar refractivity (Wildman–Crippen MR) is 86.8 cm³/mol. The van der Waals surface area contributed by atoms with E-state index in [-0.39, 0.29) is 0 Å². The van der Waals surface area contributed by atoms with Crippen molar-refractivity contribution in [3.63, 3.8) is 0 Å². The monoisotopic (exact) mass is 297 g/mol. The van der Waals surface area contributed by atoms with Crippen LogP contribution in [0, 0.1) is 0 Å². The molecule has 2 aromatic rings. The van der Waals surface area contributed by atoms with Crippen molar-refractivity contribution in [1.29, 1.82) is 0 Å². The van der Waals surface area contributed by atoms with Crippen molar-refractivity contribution in [3.8, 4) is 5.75 Å². The van der Waals surface area contributed by atoms with E-state index in [1.54, 1.807) is 30.3 Å². The molecule has 0 amide bonds. The molecular formula is C18H19NO3. The highest BCUT2D eigenvalue weighted by atomic mass is 16.5. The number of anilines is 1. The highest BCUT2D eigenvalue weighted by molar-refractivity contribution is 5.92. The third-order valence-electron chi connectivity index (χ3n) is 3.44. The summed E-state index contributed by atoms with van der Waals surface area (Å²) in [6.45, 7) is 5.94. The Bertz CT molecular complexity index is 646. The van der Waals surface area contributed by atoms with Crippen LogP contribution in [0.25, 0.3) is 0 Å². The van der Waals surface area contributed by atoms with Crippen LogP contribution in [-0.4, -0.2) is 25.3 Å². The van der Waals surface area contributed by atoms with E-state index in [4.69, 9.17) is 4.74 Å². The van der Waals surface area contributed by atoms with Crippen LogP contribution in [0.4, 0.5) is 5.69 Å². The van der Waals surface area contributed by atoms with E-state index in [0.29, 0.717) is 16.9 Å². The molecule has 2 rings (SSSR count). The van der Waals surface area contributed by atoms with Gasteiger partial charge in [0.1, 0.15) is 12.0 Å². The molecule has 0 fully saturated rings. The van der Waals surface area contributed by atoms with Crippen molar-refractivity contribution in [2.75, 3.05) is 18.0 Å². The lowest BCUT2D eigenvalue weighted by atomic mass is 10.1. The molecule has 0 radical (unpaired) electrons. The minimum atomic E-state index is -0.436. The zero-order valence-electron chi connectivity index (χ0n) is 12.8. The Morgan fingerprint density at radius 3 is 2.36 bits per heavy atom. The van der Waals surface area contributed by atoms with Crippen molar-refractivity contribution < 1.29 is 14.3 Å². The molecule has 0 aliphatic heterocycles. The minimum Gasteiger partial charge on any atom is -0.423 e. The van der Waals surface area contributed by atoms with Crippen molar-refractivity contribution in [2.45, 2.75) is 13.8 Å². The van der Waals surface area contributed by atoms with Gasteiger partial charge in [0.25, 0.3) is 0 Å². The second-order valence-electron chi connectivity index (χ2n) is 4.80. The summed E-state index contributed by atoms with van der Waals surface area (Å²) in [5.74, 6) is 0.0722. The Balaban J connectivity index is 2.13. The number of esters is 1. The van der Waals surface area contributed by atoms with Gasteiger partial charge in [-0.25, -0.2) is 4.79 Å². The molecule has 0 bridgehead atoms. The molecular weight excluding hydrogens is 278 g/mol. The summed E-state index contributed by atoms with van der Waals surface area (Å²) in [4.78, 5) is 24.9. The molecule has 0 saturated carbocycles. The Hall–Kier alpha value is -2.62. The molecule has 0 spiro atoms. The zero-order valence-corrected chi connectivity index (χ0v) is 12.8. The lowest BCUT2D eigenvalue weighted by molar-refractivity contribution is 0.0734. The average Bonchev–Trinajstić information content (AvgIpc) is 2.56. The first-order valence-corrected chi connectivity index (χ1v) is 7.30.